The monoisotopic (exact) mass is 535 g/mol. The van der Waals surface area contributed by atoms with Crippen LogP contribution in [0.15, 0.2) is 71.9 Å². The summed E-state index contributed by atoms with van der Waals surface area (Å²) in [5.41, 5.74) is 6.41. The molecule has 0 atom stereocenters. The van der Waals surface area contributed by atoms with Crippen LogP contribution in [-0.2, 0) is 18.4 Å². The Morgan fingerprint density at radius 2 is 1.80 bits per heavy atom. The van der Waals surface area contributed by atoms with E-state index in [0.29, 0.717) is 23.6 Å². The molecule has 0 aliphatic rings. The Morgan fingerprint density at radius 1 is 1.02 bits per heavy atom. The van der Waals surface area contributed by atoms with Crippen LogP contribution in [0.5, 0.6) is 0 Å². The maximum Gasteiger partial charge on any atom is 0.333 e. The van der Waals surface area contributed by atoms with Crippen LogP contribution in [0.3, 0.4) is 0 Å². The van der Waals surface area contributed by atoms with Crippen LogP contribution < -0.4 is 5.69 Å². The van der Waals surface area contributed by atoms with Crippen LogP contribution in [-0.4, -0.2) is 40.5 Å². The SMILES string of the molecule is CCCc1cn(-c2c(C(C)=O)cccc2C(C)(C)C)c(=O)n1Cc1ccc(-c2cnccc2-c2nnn[nH]2)cc1. The summed E-state index contributed by atoms with van der Waals surface area (Å²) in [6.45, 7) is 10.4. The topological polar surface area (TPSA) is 111 Å². The lowest BCUT2D eigenvalue weighted by Crippen LogP contribution is -2.28. The number of para-hydroxylation sites is 1. The van der Waals surface area contributed by atoms with Gasteiger partial charge in [0.15, 0.2) is 11.6 Å². The Bertz CT molecular complexity index is 1710. The summed E-state index contributed by atoms with van der Waals surface area (Å²) in [5.74, 6) is 0.503. The minimum atomic E-state index is -0.254. The highest BCUT2D eigenvalue weighted by Crippen LogP contribution is 2.32. The van der Waals surface area contributed by atoms with Crippen molar-refractivity contribution < 1.29 is 4.79 Å². The van der Waals surface area contributed by atoms with Gasteiger partial charge in [-0.05, 0) is 58.0 Å². The molecule has 0 amide bonds. The lowest BCUT2D eigenvalue weighted by molar-refractivity contribution is 0.101. The van der Waals surface area contributed by atoms with E-state index in [9.17, 15) is 9.59 Å². The fraction of sp³-hybridized carbons (Fsp3) is 0.290. The van der Waals surface area contributed by atoms with Crippen LogP contribution in [0, 0.1) is 0 Å². The Hall–Kier alpha value is -4.66. The lowest BCUT2D eigenvalue weighted by atomic mass is 9.84. The van der Waals surface area contributed by atoms with E-state index >= 15 is 0 Å². The Balaban J connectivity index is 1.55. The van der Waals surface area contributed by atoms with Gasteiger partial charge in [0.05, 0.1) is 12.2 Å². The largest absolute Gasteiger partial charge is 0.333 e. The summed E-state index contributed by atoms with van der Waals surface area (Å²) >= 11 is 0. The molecule has 0 aliphatic heterocycles. The number of H-pyrrole nitrogens is 1. The van der Waals surface area contributed by atoms with E-state index in [4.69, 9.17) is 0 Å². The number of imidazole rings is 1. The van der Waals surface area contributed by atoms with Crippen molar-refractivity contribution in [2.24, 2.45) is 0 Å². The molecule has 3 heterocycles. The number of aryl methyl sites for hydroxylation is 1. The van der Waals surface area contributed by atoms with E-state index < -0.39 is 0 Å². The number of rotatable bonds is 8. The number of nitrogens with one attached hydrogen (secondary N) is 1. The van der Waals surface area contributed by atoms with Gasteiger partial charge in [0.2, 0.25) is 0 Å². The first kappa shape index (κ1) is 26.9. The number of aromatic nitrogens is 7. The zero-order chi connectivity index (χ0) is 28.4. The molecule has 2 aromatic carbocycles. The van der Waals surface area contributed by atoms with Gasteiger partial charge in [-0.25, -0.2) is 9.89 Å². The van der Waals surface area contributed by atoms with Gasteiger partial charge in [-0.2, -0.15) is 0 Å². The molecule has 0 unspecified atom stereocenters. The maximum absolute atomic E-state index is 14.0. The van der Waals surface area contributed by atoms with Gasteiger partial charge in [0.1, 0.15) is 0 Å². The van der Waals surface area contributed by atoms with Gasteiger partial charge in [-0.15, -0.1) is 5.10 Å². The van der Waals surface area contributed by atoms with Crippen LogP contribution in [0.25, 0.3) is 28.2 Å². The summed E-state index contributed by atoms with van der Waals surface area (Å²) in [6, 6.07) is 15.7. The molecule has 0 radical (unpaired) electrons. The lowest BCUT2D eigenvalue weighted by Gasteiger charge is -2.24. The molecule has 5 rings (SSSR count). The van der Waals surface area contributed by atoms with Crippen molar-refractivity contribution in [3.8, 4) is 28.2 Å². The summed E-state index contributed by atoms with van der Waals surface area (Å²) in [7, 11) is 0. The summed E-state index contributed by atoms with van der Waals surface area (Å²) in [4.78, 5) is 30.9. The Labute approximate surface area is 232 Å². The molecule has 5 aromatic rings. The summed E-state index contributed by atoms with van der Waals surface area (Å²) < 4.78 is 3.49. The van der Waals surface area contributed by atoms with E-state index in [-0.39, 0.29) is 16.9 Å². The number of hydrogen-bond donors (Lipinski definition) is 1. The number of aromatic amines is 1. The van der Waals surface area contributed by atoms with Gasteiger partial charge in [0, 0.05) is 41.0 Å². The fourth-order valence-electron chi connectivity index (χ4n) is 5.08. The molecule has 9 heteroatoms. The average molecular weight is 536 g/mol. The number of benzene rings is 2. The summed E-state index contributed by atoms with van der Waals surface area (Å²) in [5, 5.41) is 14.2. The molecular formula is C31H33N7O2. The average Bonchev–Trinajstić information content (AvgIpc) is 3.58. The van der Waals surface area contributed by atoms with Crippen molar-refractivity contribution in [2.45, 2.75) is 59.4 Å². The van der Waals surface area contributed by atoms with Crippen molar-refractivity contribution in [1.29, 1.82) is 0 Å². The number of carbonyl (C=O) groups excluding carboxylic acids is 1. The second-order valence-corrected chi connectivity index (χ2v) is 11.0. The van der Waals surface area contributed by atoms with E-state index in [1.807, 2.05) is 53.2 Å². The fourth-order valence-corrected chi connectivity index (χ4v) is 5.08. The molecule has 1 N–H and O–H groups in total. The second-order valence-electron chi connectivity index (χ2n) is 11.0. The van der Waals surface area contributed by atoms with Gasteiger partial charge < -0.3 is 0 Å². The first-order chi connectivity index (χ1) is 19.2. The molecule has 0 saturated carbocycles. The highest BCUT2D eigenvalue weighted by atomic mass is 16.2. The van der Waals surface area contributed by atoms with E-state index in [1.54, 1.807) is 30.0 Å². The predicted octanol–water partition coefficient (Wildman–Crippen LogP) is 5.38. The molecular weight excluding hydrogens is 502 g/mol. The third-order valence-corrected chi connectivity index (χ3v) is 7.06. The van der Waals surface area contributed by atoms with Crippen molar-refractivity contribution in [3.05, 3.63) is 100.0 Å². The number of nitrogens with zero attached hydrogens (tertiary/aromatic N) is 6. The standard InChI is InChI=1S/C31H33N7O2/c1-6-8-23-19-38(28-24(20(2)39)9-7-10-27(28)31(3,4)5)30(40)37(23)18-21-11-13-22(14-12-21)26-17-32-16-15-25(26)29-33-35-36-34-29/h7,9-17,19H,6,8,18H2,1-5H3,(H,33,34,35,36). The zero-order valence-corrected chi connectivity index (χ0v) is 23.5. The number of Topliss-reactive ketones (excluding diaryl/α,β-unsaturated/α-hetero) is 1. The first-order valence-corrected chi connectivity index (χ1v) is 13.4. The minimum Gasteiger partial charge on any atom is -0.294 e. The summed E-state index contributed by atoms with van der Waals surface area (Å²) in [6.07, 6.45) is 7.04. The van der Waals surface area contributed by atoms with Crippen molar-refractivity contribution in [3.63, 3.8) is 0 Å². The highest BCUT2D eigenvalue weighted by molar-refractivity contribution is 5.98. The first-order valence-electron chi connectivity index (χ1n) is 13.4. The van der Waals surface area contributed by atoms with E-state index in [1.165, 1.54) is 0 Å². The minimum absolute atomic E-state index is 0.0655. The number of ketones is 1. The normalized spacial score (nSPS) is 11.6. The van der Waals surface area contributed by atoms with Crippen LogP contribution in [0.4, 0.5) is 0 Å². The maximum atomic E-state index is 14.0. The third-order valence-electron chi connectivity index (χ3n) is 7.06. The molecule has 3 aromatic heterocycles. The zero-order valence-electron chi connectivity index (χ0n) is 23.5. The van der Waals surface area contributed by atoms with Crippen LogP contribution in [0.2, 0.25) is 0 Å². The molecule has 40 heavy (non-hydrogen) atoms. The number of hydrogen-bond acceptors (Lipinski definition) is 6. The molecule has 204 valence electrons. The van der Waals surface area contributed by atoms with Gasteiger partial charge >= 0.3 is 5.69 Å². The van der Waals surface area contributed by atoms with Gasteiger partial charge in [0.25, 0.3) is 0 Å². The van der Waals surface area contributed by atoms with Crippen molar-refractivity contribution in [1.82, 2.24) is 34.7 Å². The van der Waals surface area contributed by atoms with Gasteiger partial charge in [-0.1, -0.05) is 70.5 Å². The second kappa shape index (κ2) is 10.8. The Morgan fingerprint density at radius 3 is 2.45 bits per heavy atom. The van der Waals surface area contributed by atoms with E-state index in [2.05, 4.69) is 53.3 Å². The molecule has 9 nitrogen and oxygen atoms in total. The van der Waals surface area contributed by atoms with Crippen LogP contribution in [0.1, 0.15) is 68.2 Å². The molecule has 0 fully saturated rings. The molecule has 0 bridgehead atoms. The molecule has 0 aliphatic carbocycles. The molecule has 0 saturated heterocycles. The molecule has 0 spiro atoms. The Kier molecular flexibility index (Phi) is 7.30. The quantitative estimate of drug-likeness (QED) is 0.267. The van der Waals surface area contributed by atoms with Crippen molar-refractivity contribution in [2.75, 3.05) is 0 Å². The number of tetrazole rings is 1. The third kappa shape index (κ3) is 5.14. The van der Waals surface area contributed by atoms with Gasteiger partial charge in [-0.3, -0.25) is 18.9 Å². The number of carbonyl (C=O) groups is 1. The highest BCUT2D eigenvalue weighted by Gasteiger charge is 2.25. The number of pyridine rings is 1. The van der Waals surface area contributed by atoms with Crippen LogP contribution >= 0.6 is 0 Å². The van der Waals surface area contributed by atoms with Crippen molar-refractivity contribution >= 4 is 5.78 Å². The predicted molar refractivity (Wildman–Crippen MR) is 155 cm³/mol. The smallest absolute Gasteiger partial charge is 0.294 e. The van der Waals surface area contributed by atoms with E-state index in [0.717, 1.165) is 46.4 Å².